The summed E-state index contributed by atoms with van der Waals surface area (Å²) in [5.74, 6) is 0.591. The minimum Gasteiger partial charge on any atom is -0.373 e. The van der Waals surface area contributed by atoms with E-state index in [1.807, 2.05) is 18.7 Å². The Morgan fingerprint density at radius 3 is 2.39 bits per heavy atom. The number of hydrogen-bond acceptors (Lipinski definition) is 3. The number of nitrogens with one attached hydrogen (secondary N) is 1. The van der Waals surface area contributed by atoms with E-state index >= 15 is 0 Å². The van der Waals surface area contributed by atoms with Crippen LogP contribution >= 0.6 is 0 Å². The second kappa shape index (κ2) is 5.93. The van der Waals surface area contributed by atoms with Crippen molar-refractivity contribution in [3.63, 3.8) is 0 Å². The first-order valence-electron chi connectivity index (χ1n) is 5.94. The molecular formula is C12H18F3N3. The monoisotopic (exact) mass is 261 g/mol. The number of pyridine rings is 1. The molecule has 0 saturated carbocycles. The Labute approximate surface area is 105 Å². The molecule has 1 rings (SSSR count). The van der Waals surface area contributed by atoms with Crippen LogP contribution in [0, 0.1) is 0 Å². The molecule has 1 N–H and O–H groups in total. The highest BCUT2D eigenvalue weighted by Crippen LogP contribution is 2.32. The predicted octanol–water partition coefficient (Wildman–Crippen LogP) is 3.38. The summed E-state index contributed by atoms with van der Waals surface area (Å²) in [7, 11) is 1.56. The fourth-order valence-corrected chi connectivity index (χ4v) is 1.67. The van der Waals surface area contributed by atoms with Crippen molar-refractivity contribution < 1.29 is 13.2 Å². The highest BCUT2D eigenvalue weighted by Gasteiger charge is 2.32. The Hall–Kier alpha value is -1.46. The van der Waals surface area contributed by atoms with Crippen molar-refractivity contribution in [3.05, 3.63) is 17.7 Å². The maximum atomic E-state index is 12.8. The van der Waals surface area contributed by atoms with Gasteiger partial charge in [-0.05, 0) is 25.5 Å². The first kappa shape index (κ1) is 14.6. The molecule has 0 spiro atoms. The first-order valence-corrected chi connectivity index (χ1v) is 5.94. The number of aromatic nitrogens is 1. The lowest BCUT2D eigenvalue weighted by molar-refractivity contribution is -0.137. The third kappa shape index (κ3) is 3.51. The summed E-state index contributed by atoms with van der Waals surface area (Å²) < 4.78 is 38.3. The standard InChI is InChI=1S/C12H18F3N3/c1-4-6-18(5-2)11-8-9(12(13,14)15)7-10(16-3)17-11/h7-8H,4-6H2,1-3H3,(H,16,17). The molecule has 1 aromatic heterocycles. The Morgan fingerprint density at radius 1 is 1.28 bits per heavy atom. The zero-order chi connectivity index (χ0) is 13.8. The second-order valence-corrected chi connectivity index (χ2v) is 3.93. The number of hydrogen-bond donors (Lipinski definition) is 1. The van der Waals surface area contributed by atoms with Crippen molar-refractivity contribution in [2.24, 2.45) is 0 Å². The molecule has 0 aliphatic carbocycles. The molecular weight excluding hydrogens is 243 g/mol. The van der Waals surface area contributed by atoms with Gasteiger partial charge in [0.05, 0.1) is 5.56 Å². The molecule has 0 amide bonds. The topological polar surface area (TPSA) is 28.2 Å². The lowest BCUT2D eigenvalue weighted by Gasteiger charge is -2.23. The van der Waals surface area contributed by atoms with Gasteiger partial charge in [0.25, 0.3) is 0 Å². The molecule has 3 nitrogen and oxygen atoms in total. The molecule has 0 radical (unpaired) electrons. The summed E-state index contributed by atoms with van der Waals surface area (Å²) >= 11 is 0. The van der Waals surface area contributed by atoms with Crippen LogP contribution in [-0.4, -0.2) is 25.1 Å². The molecule has 0 aromatic carbocycles. The maximum Gasteiger partial charge on any atom is 0.416 e. The molecule has 1 heterocycles. The van der Waals surface area contributed by atoms with Gasteiger partial charge in [-0.25, -0.2) is 4.98 Å². The van der Waals surface area contributed by atoms with Gasteiger partial charge in [0, 0.05) is 20.1 Å². The zero-order valence-corrected chi connectivity index (χ0v) is 10.8. The van der Waals surface area contributed by atoms with Gasteiger partial charge in [0.2, 0.25) is 0 Å². The number of nitrogens with zero attached hydrogens (tertiary/aromatic N) is 2. The van der Waals surface area contributed by atoms with Crippen molar-refractivity contribution in [2.45, 2.75) is 26.4 Å². The van der Waals surface area contributed by atoms with E-state index in [9.17, 15) is 13.2 Å². The Morgan fingerprint density at radius 2 is 1.94 bits per heavy atom. The van der Waals surface area contributed by atoms with Gasteiger partial charge < -0.3 is 10.2 Å². The highest BCUT2D eigenvalue weighted by molar-refractivity contribution is 5.51. The van der Waals surface area contributed by atoms with E-state index in [0.29, 0.717) is 18.9 Å². The Kier molecular flexibility index (Phi) is 4.81. The summed E-state index contributed by atoms with van der Waals surface area (Å²) in [5.41, 5.74) is -0.675. The van der Waals surface area contributed by atoms with Crippen LogP contribution in [0.25, 0.3) is 0 Å². The van der Waals surface area contributed by atoms with Crippen LogP contribution in [0.3, 0.4) is 0 Å². The lowest BCUT2D eigenvalue weighted by Crippen LogP contribution is -2.25. The van der Waals surface area contributed by atoms with E-state index < -0.39 is 11.7 Å². The summed E-state index contributed by atoms with van der Waals surface area (Å²) in [6, 6.07) is 2.11. The predicted molar refractivity (Wildman–Crippen MR) is 67.0 cm³/mol. The quantitative estimate of drug-likeness (QED) is 0.880. The van der Waals surface area contributed by atoms with Crippen LogP contribution < -0.4 is 10.2 Å². The molecule has 6 heteroatoms. The third-order valence-electron chi connectivity index (χ3n) is 2.59. The molecule has 1 aromatic rings. The maximum absolute atomic E-state index is 12.8. The van der Waals surface area contributed by atoms with Crippen LogP contribution in [-0.2, 0) is 6.18 Å². The molecule has 0 saturated heterocycles. The molecule has 0 aliphatic heterocycles. The fraction of sp³-hybridized carbons (Fsp3) is 0.583. The molecule has 0 atom stereocenters. The number of alkyl halides is 3. The molecule has 102 valence electrons. The number of rotatable bonds is 5. The average Bonchev–Trinajstić information content (AvgIpc) is 2.34. The van der Waals surface area contributed by atoms with E-state index in [0.717, 1.165) is 18.6 Å². The van der Waals surface area contributed by atoms with Gasteiger partial charge >= 0.3 is 6.18 Å². The summed E-state index contributed by atoms with van der Waals surface area (Å²) in [6.45, 7) is 5.20. The van der Waals surface area contributed by atoms with E-state index in [2.05, 4.69) is 10.3 Å². The van der Waals surface area contributed by atoms with Gasteiger partial charge in [-0.1, -0.05) is 6.92 Å². The van der Waals surface area contributed by atoms with Crippen LogP contribution in [0.4, 0.5) is 24.8 Å². The SMILES string of the molecule is CCCN(CC)c1cc(C(F)(F)F)cc(NC)n1. The Balaban J connectivity index is 3.18. The largest absolute Gasteiger partial charge is 0.416 e. The van der Waals surface area contributed by atoms with Crippen LogP contribution in [0.15, 0.2) is 12.1 Å². The van der Waals surface area contributed by atoms with Gasteiger partial charge in [0.1, 0.15) is 11.6 Å². The van der Waals surface area contributed by atoms with E-state index in [4.69, 9.17) is 0 Å². The van der Waals surface area contributed by atoms with Gasteiger partial charge in [-0.15, -0.1) is 0 Å². The summed E-state index contributed by atoms with van der Waals surface area (Å²) in [5, 5.41) is 2.66. The van der Waals surface area contributed by atoms with Crippen LogP contribution in [0.1, 0.15) is 25.8 Å². The van der Waals surface area contributed by atoms with E-state index in [1.54, 1.807) is 7.05 Å². The number of halogens is 3. The van der Waals surface area contributed by atoms with Crippen molar-refractivity contribution in [2.75, 3.05) is 30.4 Å². The van der Waals surface area contributed by atoms with Crippen molar-refractivity contribution in [1.82, 2.24) is 4.98 Å². The van der Waals surface area contributed by atoms with Gasteiger partial charge in [-0.2, -0.15) is 13.2 Å². The molecule has 0 bridgehead atoms. The molecule has 0 unspecified atom stereocenters. The minimum atomic E-state index is -4.35. The minimum absolute atomic E-state index is 0.231. The van der Waals surface area contributed by atoms with Crippen molar-refractivity contribution >= 4 is 11.6 Å². The lowest BCUT2D eigenvalue weighted by atomic mass is 10.2. The van der Waals surface area contributed by atoms with Crippen LogP contribution in [0.5, 0.6) is 0 Å². The first-order chi connectivity index (χ1) is 8.42. The van der Waals surface area contributed by atoms with E-state index in [1.165, 1.54) is 0 Å². The number of anilines is 2. The molecule has 0 fully saturated rings. The summed E-state index contributed by atoms with van der Waals surface area (Å²) in [6.07, 6.45) is -3.49. The molecule has 0 aliphatic rings. The van der Waals surface area contributed by atoms with Crippen molar-refractivity contribution in [1.29, 1.82) is 0 Å². The normalized spacial score (nSPS) is 11.4. The van der Waals surface area contributed by atoms with E-state index in [-0.39, 0.29) is 5.82 Å². The highest BCUT2D eigenvalue weighted by atomic mass is 19.4. The fourth-order valence-electron chi connectivity index (χ4n) is 1.67. The Bertz CT molecular complexity index is 391. The zero-order valence-electron chi connectivity index (χ0n) is 10.8. The van der Waals surface area contributed by atoms with Crippen LogP contribution in [0.2, 0.25) is 0 Å². The second-order valence-electron chi connectivity index (χ2n) is 3.93. The molecule has 18 heavy (non-hydrogen) atoms. The van der Waals surface area contributed by atoms with Gasteiger partial charge in [0.15, 0.2) is 0 Å². The third-order valence-corrected chi connectivity index (χ3v) is 2.59. The van der Waals surface area contributed by atoms with Gasteiger partial charge in [-0.3, -0.25) is 0 Å². The summed E-state index contributed by atoms with van der Waals surface area (Å²) in [4.78, 5) is 6.00. The smallest absolute Gasteiger partial charge is 0.373 e. The average molecular weight is 261 g/mol. The van der Waals surface area contributed by atoms with Crippen molar-refractivity contribution in [3.8, 4) is 0 Å².